The summed E-state index contributed by atoms with van der Waals surface area (Å²) in [4.78, 5) is 38.7. The van der Waals surface area contributed by atoms with Crippen LogP contribution in [0.3, 0.4) is 0 Å². The summed E-state index contributed by atoms with van der Waals surface area (Å²) in [6, 6.07) is 11.6. The number of ether oxygens (including phenoxy) is 1. The standard InChI is InChI=1S/C20H19FN2O4/c1-3-20(13-8-10-14(27-2)11-9-13)18(25)23(19(26)22-20)12-17(24)15-6-4-5-7-16(15)21/h4-11H,3,12H2,1-2H3,(H,22,26)/t20-/m1/s1. The minimum atomic E-state index is -1.27. The Morgan fingerprint density at radius 2 is 1.81 bits per heavy atom. The number of carbonyl (C=O) groups excluding carboxylic acids is 3. The maximum Gasteiger partial charge on any atom is 0.325 e. The Morgan fingerprint density at radius 1 is 1.15 bits per heavy atom. The summed E-state index contributed by atoms with van der Waals surface area (Å²) in [6.45, 7) is 1.24. The number of hydrogen-bond donors (Lipinski definition) is 1. The molecule has 27 heavy (non-hydrogen) atoms. The second-order valence-electron chi connectivity index (χ2n) is 6.21. The van der Waals surface area contributed by atoms with Gasteiger partial charge in [0.15, 0.2) is 5.78 Å². The molecule has 6 nitrogen and oxygen atoms in total. The molecule has 0 unspecified atom stereocenters. The zero-order chi connectivity index (χ0) is 19.6. The topological polar surface area (TPSA) is 75.7 Å². The van der Waals surface area contributed by atoms with Crippen molar-refractivity contribution in [3.8, 4) is 5.75 Å². The molecule has 1 aliphatic heterocycles. The number of Topliss-reactive ketones (excluding diaryl/α,β-unsaturated/α-hetero) is 1. The fourth-order valence-corrected chi connectivity index (χ4v) is 3.20. The molecule has 3 rings (SSSR count). The maximum absolute atomic E-state index is 13.8. The summed E-state index contributed by atoms with van der Waals surface area (Å²) >= 11 is 0. The van der Waals surface area contributed by atoms with Crippen molar-refractivity contribution in [3.05, 3.63) is 65.5 Å². The molecule has 1 N–H and O–H groups in total. The molecular weight excluding hydrogens is 351 g/mol. The van der Waals surface area contributed by atoms with E-state index in [0.29, 0.717) is 17.7 Å². The Bertz CT molecular complexity index is 897. The highest BCUT2D eigenvalue weighted by Gasteiger charge is 2.51. The highest BCUT2D eigenvalue weighted by Crippen LogP contribution is 2.33. The lowest BCUT2D eigenvalue weighted by Gasteiger charge is -2.26. The second-order valence-corrected chi connectivity index (χ2v) is 6.21. The number of ketones is 1. The Balaban J connectivity index is 1.88. The van der Waals surface area contributed by atoms with E-state index in [9.17, 15) is 18.8 Å². The van der Waals surface area contributed by atoms with Gasteiger partial charge in [-0.2, -0.15) is 0 Å². The zero-order valence-electron chi connectivity index (χ0n) is 15.0. The molecule has 2 aromatic carbocycles. The van der Waals surface area contributed by atoms with E-state index in [-0.39, 0.29) is 5.56 Å². The van der Waals surface area contributed by atoms with Gasteiger partial charge in [-0.05, 0) is 36.2 Å². The van der Waals surface area contributed by atoms with E-state index in [2.05, 4.69) is 5.32 Å². The van der Waals surface area contributed by atoms with Crippen molar-refractivity contribution in [2.75, 3.05) is 13.7 Å². The van der Waals surface area contributed by atoms with Crippen LogP contribution in [-0.4, -0.2) is 36.3 Å². The van der Waals surface area contributed by atoms with Gasteiger partial charge in [0, 0.05) is 0 Å². The summed E-state index contributed by atoms with van der Waals surface area (Å²) in [6.07, 6.45) is 0.300. The van der Waals surface area contributed by atoms with Crippen molar-refractivity contribution in [2.24, 2.45) is 0 Å². The first kappa shape index (κ1) is 18.6. The first-order valence-electron chi connectivity index (χ1n) is 8.49. The molecule has 1 fully saturated rings. The lowest BCUT2D eigenvalue weighted by Crippen LogP contribution is -2.43. The van der Waals surface area contributed by atoms with E-state index >= 15 is 0 Å². The van der Waals surface area contributed by atoms with Gasteiger partial charge in [0.1, 0.15) is 17.1 Å². The van der Waals surface area contributed by atoms with Crippen LogP contribution in [0.15, 0.2) is 48.5 Å². The van der Waals surface area contributed by atoms with Crippen molar-refractivity contribution < 1.29 is 23.5 Å². The average Bonchev–Trinajstić information content (AvgIpc) is 2.93. The van der Waals surface area contributed by atoms with Gasteiger partial charge in [-0.25, -0.2) is 9.18 Å². The first-order chi connectivity index (χ1) is 12.9. The fraction of sp³-hybridized carbons (Fsp3) is 0.250. The number of urea groups is 1. The van der Waals surface area contributed by atoms with Crippen molar-refractivity contribution in [3.63, 3.8) is 0 Å². The van der Waals surface area contributed by atoms with Crippen LogP contribution >= 0.6 is 0 Å². The number of nitrogens with one attached hydrogen (secondary N) is 1. The van der Waals surface area contributed by atoms with Gasteiger partial charge >= 0.3 is 6.03 Å². The van der Waals surface area contributed by atoms with E-state index in [0.717, 1.165) is 11.0 Å². The minimum absolute atomic E-state index is 0.156. The summed E-state index contributed by atoms with van der Waals surface area (Å²) in [5.41, 5.74) is -0.833. The third-order valence-electron chi connectivity index (χ3n) is 4.76. The van der Waals surface area contributed by atoms with Crippen molar-refractivity contribution in [2.45, 2.75) is 18.9 Å². The van der Waals surface area contributed by atoms with E-state index in [4.69, 9.17) is 4.74 Å². The molecule has 1 aliphatic rings. The highest BCUT2D eigenvalue weighted by atomic mass is 19.1. The van der Waals surface area contributed by atoms with Crippen molar-refractivity contribution in [1.29, 1.82) is 0 Å². The van der Waals surface area contributed by atoms with Gasteiger partial charge < -0.3 is 10.1 Å². The van der Waals surface area contributed by atoms with Crippen LogP contribution in [0, 0.1) is 5.82 Å². The van der Waals surface area contributed by atoms with Crippen LogP contribution in [0.1, 0.15) is 29.3 Å². The SMILES string of the molecule is CC[C@]1(c2ccc(OC)cc2)NC(=O)N(CC(=O)c2ccccc2F)C1=O. The molecule has 0 saturated carbocycles. The number of carbonyl (C=O) groups is 3. The Labute approximate surface area is 155 Å². The molecule has 1 saturated heterocycles. The number of methoxy groups -OCH3 is 1. The average molecular weight is 370 g/mol. The fourth-order valence-electron chi connectivity index (χ4n) is 3.20. The molecule has 140 valence electrons. The van der Waals surface area contributed by atoms with Crippen LogP contribution in [0.25, 0.3) is 0 Å². The molecule has 3 amide bonds. The lowest BCUT2D eigenvalue weighted by atomic mass is 9.87. The van der Waals surface area contributed by atoms with Gasteiger partial charge in [-0.15, -0.1) is 0 Å². The maximum atomic E-state index is 13.8. The number of benzene rings is 2. The van der Waals surface area contributed by atoms with Gasteiger partial charge in [-0.1, -0.05) is 31.2 Å². The van der Waals surface area contributed by atoms with Crippen molar-refractivity contribution in [1.82, 2.24) is 10.2 Å². The van der Waals surface area contributed by atoms with Gasteiger partial charge in [0.05, 0.1) is 19.2 Å². The third-order valence-corrected chi connectivity index (χ3v) is 4.76. The van der Waals surface area contributed by atoms with Crippen LogP contribution in [0.2, 0.25) is 0 Å². The van der Waals surface area contributed by atoms with Crippen LogP contribution < -0.4 is 10.1 Å². The molecule has 0 radical (unpaired) electrons. The molecular formula is C20H19FN2O4. The Kier molecular flexibility index (Phi) is 4.94. The first-order valence-corrected chi connectivity index (χ1v) is 8.49. The predicted molar refractivity (Wildman–Crippen MR) is 95.9 cm³/mol. The second kappa shape index (κ2) is 7.19. The molecule has 1 heterocycles. The number of rotatable bonds is 6. The van der Waals surface area contributed by atoms with Gasteiger partial charge in [-0.3, -0.25) is 14.5 Å². The Hall–Kier alpha value is -3.22. The third kappa shape index (κ3) is 3.16. The summed E-state index contributed by atoms with van der Waals surface area (Å²) < 4.78 is 18.9. The van der Waals surface area contributed by atoms with Crippen LogP contribution in [0.4, 0.5) is 9.18 Å². The van der Waals surface area contributed by atoms with E-state index in [1.807, 2.05) is 0 Å². The van der Waals surface area contributed by atoms with E-state index < -0.39 is 35.6 Å². The molecule has 0 spiro atoms. The molecule has 0 aromatic heterocycles. The number of hydrogen-bond acceptors (Lipinski definition) is 4. The monoisotopic (exact) mass is 370 g/mol. The number of amides is 3. The highest BCUT2D eigenvalue weighted by molar-refractivity contribution is 6.11. The predicted octanol–water partition coefficient (Wildman–Crippen LogP) is 2.87. The quantitative estimate of drug-likeness (QED) is 0.627. The normalized spacial score (nSPS) is 19.1. The van der Waals surface area contributed by atoms with Gasteiger partial charge in [0.2, 0.25) is 0 Å². The molecule has 1 atom stereocenters. The van der Waals surface area contributed by atoms with E-state index in [1.54, 1.807) is 31.2 Å². The molecule has 2 aromatic rings. The lowest BCUT2D eigenvalue weighted by molar-refractivity contribution is -0.131. The van der Waals surface area contributed by atoms with Crippen molar-refractivity contribution >= 4 is 17.7 Å². The van der Waals surface area contributed by atoms with E-state index in [1.165, 1.54) is 25.3 Å². The Morgan fingerprint density at radius 3 is 2.41 bits per heavy atom. The molecule has 0 aliphatic carbocycles. The summed E-state index contributed by atoms with van der Waals surface area (Å²) in [5, 5.41) is 2.69. The number of imide groups is 1. The smallest absolute Gasteiger partial charge is 0.325 e. The zero-order valence-corrected chi connectivity index (χ0v) is 15.0. The molecule has 0 bridgehead atoms. The summed E-state index contributed by atoms with van der Waals surface area (Å²) in [7, 11) is 1.53. The van der Waals surface area contributed by atoms with Crippen LogP contribution in [-0.2, 0) is 10.3 Å². The largest absolute Gasteiger partial charge is 0.497 e. The van der Waals surface area contributed by atoms with Gasteiger partial charge in [0.25, 0.3) is 5.91 Å². The number of halogens is 1. The van der Waals surface area contributed by atoms with Crippen LogP contribution in [0.5, 0.6) is 5.75 Å². The molecule has 7 heteroatoms. The minimum Gasteiger partial charge on any atom is -0.497 e. The summed E-state index contributed by atoms with van der Waals surface area (Å²) in [5.74, 6) is -1.25. The number of nitrogens with zero attached hydrogens (tertiary/aromatic N) is 1.